The Morgan fingerprint density at radius 1 is 0.967 bits per heavy atom. The minimum Gasteiger partial charge on any atom is -0.494 e. The molecule has 2 aromatic carbocycles. The van der Waals surface area contributed by atoms with Crippen LogP contribution < -0.4 is 20.1 Å². The fourth-order valence-electron chi connectivity index (χ4n) is 2.57. The molecule has 2 rings (SSSR count). The lowest BCUT2D eigenvalue weighted by Gasteiger charge is -2.10. The molecule has 0 aromatic heterocycles. The lowest BCUT2D eigenvalue weighted by atomic mass is 10.1. The monoisotopic (exact) mass is 433 g/mol. The third kappa shape index (κ3) is 7.40. The molecular formula is C21H27N3O5S. The summed E-state index contributed by atoms with van der Waals surface area (Å²) in [5.41, 5.74) is 1.28. The molecule has 0 spiro atoms. The first-order valence-corrected chi connectivity index (χ1v) is 11.2. The van der Waals surface area contributed by atoms with Gasteiger partial charge < -0.3 is 15.4 Å². The topological polar surface area (TPSA) is 114 Å². The molecule has 0 saturated carbocycles. The molecule has 0 saturated heterocycles. The summed E-state index contributed by atoms with van der Waals surface area (Å²) in [5, 5.41) is 5.21. The van der Waals surface area contributed by atoms with Crippen molar-refractivity contribution < 1.29 is 22.7 Å². The summed E-state index contributed by atoms with van der Waals surface area (Å²) in [6, 6.07) is 12.1. The summed E-state index contributed by atoms with van der Waals surface area (Å²) in [5.74, 6) is 0.509. The van der Waals surface area contributed by atoms with Crippen LogP contribution in [0.2, 0.25) is 0 Å². The molecule has 0 aliphatic heterocycles. The van der Waals surface area contributed by atoms with E-state index in [1.807, 2.05) is 30.7 Å². The average Bonchev–Trinajstić information content (AvgIpc) is 2.70. The number of nitrogens with one attached hydrogen (secondary N) is 3. The molecular weight excluding hydrogens is 406 g/mol. The van der Waals surface area contributed by atoms with Gasteiger partial charge in [-0.15, -0.1) is 0 Å². The van der Waals surface area contributed by atoms with E-state index in [0.717, 1.165) is 24.2 Å². The van der Waals surface area contributed by atoms with Crippen molar-refractivity contribution in [1.29, 1.82) is 0 Å². The van der Waals surface area contributed by atoms with Crippen LogP contribution in [-0.2, 0) is 21.2 Å². The number of rotatable bonds is 10. The third-order valence-corrected chi connectivity index (χ3v) is 5.44. The Labute approximate surface area is 177 Å². The van der Waals surface area contributed by atoms with E-state index in [-0.39, 0.29) is 17.2 Å². The van der Waals surface area contributed by atoms with Gasteiger partial charge in [0.25, 0.3) is 10.0 Å². The summed E-state index contributed by atoms with van der Waals surface area (Å²) in [7, 11) is -3.99. The standard InChI is InChI=1S/C21H27N3O5S/c1-3-5-14-22-21(26)24-30(27,28)19-12-8-17(9-13-19)23-20(25)15-16-6-10-18(11-7-16)29-4-2/h6-13H,3-5,14-15H2,1-2H3,(H,23,25)(H2,22,24,26). The first-order valence-electron chi connectivity index (χ1n) is 9.76. The van der Waals surface area contributed by atoms with E-state index in [9.17, 15) is 18.0 Å². The molecule has 3 N–H and O–H groups in total. The summed E-state index contributed by atoms with van der Waals surface area (Å²) in [6.07, 6.45) is 1.82. The van der Waals surface area contributed by atoms with Gasteiger partial charge in [0.15, 0.2) is 0 Å². The maximum atomic E-state index is 12.3. The zero-order chi connectivity index (χ0) is 22.0. The molecule has 8 nitrogen and oxygen atoms in total. The van der Waals surface area contributed by atoms with Gasteiger partial charge in [-0.3, -0.25) is 4.79 Å². The maximum absolute atomic E-state index is 12.3. The predicted octanol–water partition coefficient (Wildman–Crippen LogP) is 3.05. The Kier molecular flexibility index (Phi) is 8.67. The van der Waals surface area contributed by atoms with Crippen molar-refractivity contribution in [2.75, 3.05) is 18.5 Å². The lowest BCUT2D eigenvalue weighted by Crippen LogP contribution is -2.39. The van der Waals surface area contributed by atoms with E-state index >= 15 is 0 Å². The second-order valence-electron chi connectivity index (χ2n) is 6.54. The molecule has 162 valence electrons. The summed E-state index contributed by atoms with van der Waals surface area (Å²) in [4.78, 5) is 23.8. The van der Waals surface area contributed by atoms with Crippen molar-refractivity contribution in [3.63, 3.8) is 0 Å². The first kappa shape index (κ1) is 23.2. The van der Waals surface area contributed by atoms with E-state index in [0.29, 0.717) is 18.8 Å². The number of urea groups is 1. The number of amides is 3. The fourth-order valence-corrected chi connectivity index (χ4v) is 3.50. The molecule has 30 heavy (non-hydrogen) atoms. The highest BCUT2D eigenvalue weighted by Gasteiger charge is 2.17. The molecule has 9 heteroatoms. The number of sulfonamides is 1. The quantitative estimate of drug-likeness (QED) is 0.499. The Bertz CT molecular complexity index is 942. The van der Waals surface area contributed by atoms with Gasteiger partial charge in [-0.25, -0.2) is 17.9 Å². The molecule has 3 amide bonds. The highest BCUT2D eigenvalue weighted by molar-refractivity contribution is 7.90. The van der Waals surface area contributed by atoms with Gasteiger partial charge in [0.2, 0.25) is 5.91 Å². The molecule has 0 atom stereocenters. The molecule has 0 aliphatic carbocycles. The minimum absolute atomic E-state index is 0.0716. The number of carbonyl (C=O) groups is 2. The van der Waals surface area contributed by atoms with Crippen LogP contribution in [0.15, 0.2) is 53.4 Å². The Morgan fingerprint density at radius 2 is 1.63 bits per heavy atom. The summed E-state index contributed by atoms with van der Waals surface area (Å²) >= 11 is 0. The van der Waals surface area contributed by atoms with Gasteiger partial charge >= 0.3 is 6.03 Å². The SMILES string of the molecule is CCCCNC(=O)NS(=O)(=O)c1ccc(NC(=O)Cc2ccc(OCC)cc2)cc1. The number of anilines is 1. The summed E-state index contributed by atoms with van der Waals surface area (Å²) in [6.45, 7) is 4.84. The highest BCUT2D eigenvalue weighted by Crippen LogP contribution is 2.16. The van der Waals surface area contributed by atoms with Crippen LogP contribution in [0.3, 0.4) is 0 Å². The largest absolute Gasteiger partial charge is 0.494 e. The van der Waals surface area contributed by atoms with Gasteiger partial charge in [0, 0.05) is 12.2 Å². The van der Waals surface area contributed by atoms with Crippen molar-refractivity contribution >= 4 is 27.6 Å². The van der Waals surface area contributed by atoms with Crippen molar-refractivity contribution in [1.82, 2.24) is 10.0 Å². The van der Waals surface area contributed by atoms with E-state index in [1.54, 1.807) is 12.1 Å². The first-order chi connectivity index (χ1) is 14.3. The van der Waals surface area contributed by atoms with Crippen molar-refractivity contribution in [2.24, 2.45) is 0 Å². The van der Waals surface area contributed by atoms with Crippen molar-refractivity contribution in [3.8, 4) is 5.75 Å². The van der Waals surface area contributed by atoms with Crippen LogP contribution in [0.4, 0.5) is 10.5 Å². The lowest BCUT2D eigenvalue weighted by molar-refractivity contribution is -0.115. The molecule has 0 aliphatic rings. The number of carbonyl (C=O) groups excluding carboxylic acids is 2. The van der Waals surface area contributed by atoms with Crippen LogP contribution in [-0.4, -0.2) is 33.5 Å². The minimum atomic E-state index is -3.99. The van der Waals surface area contributed by atoms with Crippen LogP contribution >= 0.6 is 0 Å². The van der Waals surface area contributed by atoms with Gasteiger partial charge in [-0.05, 0) is 55.3 Å². The average molecular weight is 434 g/mol. The number of benzene rings is 2. The third-order valence-electron chi connectivity index (χ3n) is 4.09. The van der Waals surface area contributed by atoms with Crippen LogP contribution in [0, 0.1) is 0 Å². The zero-order valence-corrected chi connectivity index (χ0v) is 17.9. The molecule has 0 fully saturated rings. The number of hydrogen-bond donors (Lipinski definition) is 3. The normalized spacial score (nSPS) is 10.9. The molecule has 0 heterocycles. The van der Waals surface area contributed by atoms with E-state index in [4.69, 9.17) is 4.74 Å². The second kappa shape index (κ2) is 11.2. The fraction of sp³-hybridized carbons (Fsp3) is 0.333. The van der Waals surface area contributed by atoms with Crippen molar-refractivity contribution in [2.45, 2.75) is 38.0 Å². The van der Waals surface area contributed by atoms with Gasteiger partial charge in [0.05, 0.1) is 17.9 Å². The van der Waals surface area contributed by atoms with E-state index in [1.165, 1.54) is 24.3 Å². The smallest absolute Gasteiger partial charge is 0.328 e. The zero-order valence-electron chi connectivity index (χ0n) is 17.1. The van der Waals surface area contributed by atoms with Crippen LogP contribution in [0.1, 0.15) is 32.3 Å². The summed E-state index contributed by atoms with van der Waals surface area (Å²) < 4.78 is 31.8. The highest BCUT2D eigenvalue weighted by atomic mass is 32.2. The second-order valence-corrected chi connectivity index (χ2v) is 8.22. The Morgan fingerprint density at radius 3 is 2.23 bits per heavy atom. The number of ether oxygens (including phenoxy) is 1. The molecule has 2 aromatic rings. The molecule has 0 unspecified atom stereocenters. The van der Waals surface area contributed by atoms with Crippen LogP contribution in [0.5, 0.6) is 5.75 Å². The van der Waals surface area contributed by atoms with Gasteiger partial charge in [-0.1, -0.05) is 25.5 Å². The molecule has 0 radical (unpaired) electrons. The number of unbranched alkanes of at least 4 members (excludes halogenated alkanes) is 1. The maximum Gasteiger partial charge on any atom is 0.328 e. The van der Waals surface area contributed by atoms with E-state index in [2.05, 4.69) is 10.6 Å². The van der Waals surface area contributed by atoms with Gasteiger partial charge in [0.1, 0.15) is 5.75 Å². The molecule has 0 bridgehead atoms. The Hall–Kier alpha value is -3.07. The Balaban J connectivity index is 1.91. The predicted molar refractivity (Wildman–Crippen MR) is 115 cm³/mol. The van der Waals surface area contributed by atoms with Crippen LogP contribution in [0.25, 0.3) is 0 Å². The number of hydrogen-bond acceptors (Lipinski definition) is 5. The van der Waals surface area contributed by atoms with E-state index < -0.39 is 16.1 Å². The van der Waals surface area contributed by atoms with Crippen molar-refractivity contribution in [3.05, 3.63) is 54.1 Å². The van der Waals surface area contributed by atoms with Gasteiger partial charge in [-0.2, -0.15) is 0 Å².